The number of aromatic nitrogens is 3. The van der Waals surface area contributed by atoms with E-state index in [2.05, 4.69) is 45.1 Å². The summed E-state index contributed by atoms with van der Waals surface area (Å²) in [6.07, 6.45) is 3.48. The van der Waals surface area contributed by atoms with Crippen molar-refractivity contribution >= 4 is 17.6 Å². The summed E-state index contributed by atoms with van der Waals surface area (Å²) in [6, 6.07) is 8.17. The molecule has 1 atom stereocenters. The quantitative estimate of drug-likeness (QED) is 0.879. The molecule has 1 aromatic heterocycles. The molecular formula is C18H26N6. The molecule has 1 aromatic carbocycles. The number of aryl methyl sites for hydroxylation is 1. The Morgan fingerprint density at radius 3 is 2.88 bits per heavy atom. The van der Waals surface area contributed by atoms with Gasteiger partial charge in [0.05, 0.1) is 6.54 Å². The van der Waals surface area contributed by atoms with E-state index in [1.807, 2.05) is 18.2 Å². The standard InChI is InChI=1S/C18H26N6/c1-3-14-8-4-5-9-15(14)20-18-22-16(21-17(19)23-18)12-24-10-6-7-13(2)11-24/h4-5,8-9,13H,3,6-7,10-12H2,1-2H3,(H3,19,20,21,22,23)/t13-/m1/s1. The fourth-order valence-electron chi connectivity index (χ4n) is 3.27. The SMILES string of the molecule is CCc1ccccc1Nc1nc(N)nc(CN2CCC[C@@H](C)C2)n1. The molecule has 1 fully saturated rings. The van der Waals surface area contributed by atoms with Crippen molar-refractivity contribution in [2.45, 2.75) is 39.7 Å². The van der Waals surface area contributed by atoms with Gasteiger partial charge in [-0.3, -0.25) is 4.90 Å². The van der Waals surface area contributed by atoms with Gasteiger partial charge in [0.1, 0.15) is 5.82 Å². The van der Waals surface area contributed by atoms with Crippen molar-refractivity contribution in [3.05, 3.63) is 35.7 Å². The van der Waals surface area contributed by atoms with Gasteiger partial charge in [-0.05, 0) is 43.4 Å². The second kappa shape index (κ2) is 7.57. The lowest BCUT2D eigenvalue weighted by molar-refractivity contribution is 0.173. The number of nitrogens with one attached hydrogen (secondary N) is 1. The van der Waals surface area contributed by atoms with Crippen LogP contribution in [0.1, 0.15) is 38.1 Å². The van der Waals surface area contributed by atoms with E-state index in [1.165, 1.54) is 18.4 Å². The lowest BCUT2D eigenvalue weighted by Gasteiger charge is -2.30. The molecule has 0 unspecified atom stereocenters. The Bertz CT molecular complexity index is 687. The van der Waals surface area contributed by atoms with Gasteiger partial charge >= 0.3 is 0 Å². The minimum Gasteiger partial charge on any atom is -0.368 e. The summed E-state index contributed by atoms with van der Waals surface area (Å²) in [5, 5.41) is 3.29. The molecule has 24 heavy (non-hydrogen) atoms. The maximum Gasteiger partial charge on any atom is 0.232 e. The molecule has 0 bridgehead atoms. The molecule has 2 aromatic rings. The van der Waals surface area contributed by atoms with Crippen LogP contribution in [0.5, 0.6) is 0 Å². The first-order valence-corrected chi connectivity index (χ1v) is 8.71. The number of para-hydroxylation sites is 1. The van der Waals surface area contributed by atoms with Gasteiger partial charge in [0.15, 0.2) is 0 Å². The second-order valence-corrected chi connectivity index (χ2v) is 6.55. The summed E-state index contributed by atoms with van der Waals surface area (Å²) >= 11 is 0. The molecule has 1 aliphatic rings. The van der Waals surface area contributed by atoms with Crippen LogP contribution in [-0.4, -0.2) is 32.9 Å². The van der Waals surface area contributed by atoms with E-state index in [0.717, 1.165) is 43.5 Å². The number of nitrogens with two attached hydrogens (primary N) is 1. The average molecular weight is 326 g/mol. The van der Waals surface area contributed by atoms with Crippen LogP contribution in [0.15, 0.2) is 24.3 Å². The van der Waals surface area contributed by atoms with Crippen LogP contribution in [0.4, 0.5) is 17.6 Å². The van der Waals surface area contributed by atoms with Gasteiger partial charge in [0.2, 0.25) is 11.9 Å². The van der Waals surface area contributed by atoms with Crippen molar-refractivity contribution in [2.75, 3.05) is 24.1 Å². The highest BCUT2D eigenvalue weighted by Gasteiger charge is 2.18. The molecule has 6 heteroatoms. The van der Waals surface area contributed by atoms with Crippen molar-refractivity contribution in [3.63, 3.8) is 0 Å². The number of likely N-dealkylation sites (tertiary alicyclic amines) is 1. The van der Waals surface area contributed by atoms with E-state index in [1.54, 1.807) is 0 Å². The molecule has 0 radical (unpaired) electrons. The number of benzene rings is 1. The van der Waals surface area contributed by atoms with Gasteiger partial charge in [-0.2, -0.15) is 15.0 Å². The van der Waals surface area contributed by atoms with Crippen LogP contribution in [0.3, 0.4) is 0 Å². The lowest BCUT2D eigenvalue weighted by atomic mass is 10.0. The Labute approximate surface area is 143 Å². The highest BCUT2D eigenvalue weighted by Crippen LogP contribution is 2.20. The fraction of sp³-hybridized carbons (Fsp3) is 0.500. The normalized spacial score (nSPS) is 18.5. The molecule has 3 rings (SSSR count). The molecule has 0 aliphatic carbocycles. The zero-order valence-electron chi connectivity index (χ0n) is 14.5. The minimum absolute atomic E-state index is 0.265. The largest absolute Gasteiger partial charge is 0.368 e. The molecule has 3 N–H and O–H groups in total. The molecule has 2 heterocycles. The van der Waals surface area contributed by atoms with Crippen molar-refractivity contribution < 1.29 is 0 Å². The summed E-state index contributed by atoms with van der Waals surface area (Å²) in [5.74, 6) is 2.24. The van der Waals surface area contributed by atoms with Gasteiger partial charge in [-0.25, -0.2) is 0 Å². The van der Waals surface area contributed by atoms with E-state index in [0.29, 0.717) is 5.95 Å². The van der Waals surface area contributed by atoms with Gasteiger partial charge in [0.25, 0.3) is 0 Å². The molecule has 1 saturated heterocycles. The molecule has 0 saturated carbocycles. The third-order valence-corrected chi connectivity index (χ3v) is 4.45. The third-order valence-electron chi connectivity index (χ3n) is 4.45. The molecule has 6 nitrogen and oxygen atoms in total. The number of nitrogen functional groups attached to an aromatic ring is 1. The Kier molecular flexibility index (Phi) is 5.25. The number of hydrogen-bond acceptors (Lipinski definition) is 6. The van der Waals surface area contributed by atoms with Gasteiger partial charge in [-0.1, -0.05) is 32.0 Å². The lowest BCUT2D eigenvalue weighted by Crippen LogP contribution is -2.34. The predicted molar refractivity (Wildman–Crippen MR) is 97.0 cm³/mol. The zero-order chi connectivity index (χ0) is 16.9. The van der Waals surface area contributed by atoms with Gasteiger partial charge in [0, 0.05) is 12.2 Å². The monoisotopic (exact) mass is 326 g/mol. The highest BCUT2D eigenvalue weighted by atomic mass is 15.2. The Morgan fingerprint density at radius 1 is 1.25 bits per heavy atom. The first kappa shape index (κ1) is 16.6. The van der Waals surface area contributed by atoms with Crippen LogP contribution in [0, 0.1) is 5.92 Å². The molecule has 0 spiro atoms. The summed E-state index contributed by atoms with van der Waals surface area (Å²) in [4.78, 5) is 15.5. The molecule has 1 aliphatic heterocycles. The van der Waals surface area contributed by atoms with Crippen LogP contribution in [-0.2, 0) is 13.0 Å². The first-order valence-electron chi connectivity index (χ1n) is 8.71. The predicted octanol–water partition coefficient (Wildman–Crippen LogP) is 2.99. The number of hydrogen-bond donors (Lipinski definition) is 2. The highest BCUT2D eigenvalue weighted by molar-refractivity contribution is 5.58. The molecular weight excluding hydrogens is 300 g/mol. The Hall–Kier alpha value is -2.21. The van der Waals surface area contributed by atoms with Crippen molar-refractivity contribution in [3.8, 4) is 0 Å². The maximum atomic E-state index is 5.90. The van der Waals surface area contributed by atoms with Crippen LogP contribution in [0.25, 0.3) is 0 Å². The van der Waals surface area contributed by atoms with Crippen LogP contribution >= 0.6 is 0 Å². The van der Waals surface area contributed by atoms with E-state index in [-0.39, 0.29) is 5.95 Å². The van der Waals surface area contributed by atoms with Gasteiger partial charge < -0.3 is 11.1 Å². The van der Waals surface area contributed by atoms with Crippen molar-refractivity contribution in [1.29, 1.82) is 0 Å². The van der Waals surface area contributed by atoms with Crippen LogP contribution in [0.2, 0.25) is 0 Å². The van der Waals surface area contributed by atoms with Gasteiger partial charge in [-0.15, -0.1) is 0 Å². The summed E-state index contributed by atoms with van der Waals surface area (Å²) < 4.78 is 0. The molecule has 128 valence electrons. The van der Waals surface area contributed by atoms with Crippen molar-refractivity contribution in [1.82, 2.24) is 19.9 Å². The topological polar surface area (TPSA) is 80.0 Å². The summed E-state index contributed by atoms with van der Waals surface area (Å²) in [5.41, 5.74) is 8.14. The van der Waals surface area contributed by atoms with Crippen LogP contribution < -0.4 is 11.1 Å². The summed E-state index contributed by atoms with van der Waals surface area (Å²) in [6.45, 7) is 7.33. The zero-order valence-corrected chi connectivity index (χ0v) is 14.5. The number of nitrogens with zero attached hydrogens (tertiary/aromatic N) is 4. The van der Waals surface area contributed by atoms with E-state index < -0.39 is 0 Å². The van der Waals surface area contributed by atoms with E-state index >= 15 is 0 Å². The number of anilines is 3. The second-order valence-electron chi connectivity index (χ2n) is 6.55. The maximum absolute atomic E-state index is 5.90. The Balaban J connectivity index is 1.76. The Morgan fingerprint density at radius 2 is 2.08 bits per heavy atom. The third kappa shape index (κ3) is 4.20. The fourth-order valence-corrected chi connectivity index (χ4v) is 3.27. The van der Waals surface area contributed by atoms with Crippen molar-refractivity contribution in [2.24, 2.45) is 5.92 Å². The summed E-state index contributed by atoms with van der Waals surface area (Å²) in [7, 11) is 0. The average Bonchev–Trinajstić information content (AvgIpc) is 2.55. The molecule has 0 amide bonds. The first-order chi connectivity index (χ1) is 11.6. The number of rotatable bonds is 5. The smallest absolute Gasteiger partial charge is 0.232 e. The number of piperidine rings is 1. The van der Waals surface area contributed by atoms with E-state index in [9.17, 15) is 0 Å². The van der Waals surface area contributed by atoms with E-state index in [4.69, 9.17) is 5.73 Å². The minimum atomic E-state index is 0.265.